The number of para-hydroxylation sites is 2. The van der Waals surface area contributed by atoms with Crippen molar-refractivity contribution in [2.24, 2.45) is 0 Å². The van der Waals surface area contributed by atoms with Crippen LogP contribution in [-0.4, -0.2) is 32.0 Å². The van der Waals surface area contributed by atoms with E-state index in [1.807, 2.05) is 58.8 Å². The minimum absolute atomic E-state index is 0.0339. The standard InChI is InChI=1S/C27H29N5O/c1-19-9-6-7-13-25(19)32-26(21-14-15-21)24(17-29-32)27(33)28-16-8-10-22-18-31(30-20(22)2)23-11-4-3-5-12-23/h3-7,9,11-13,17-18,21H,8,10,14-16H2,1-2H3,(H,28,33). The Labute approximate surface area is 194 Å². The average molecular weight is 440 g/mol. The number of carbonyl (C=O) groups is 1. The predicted molar refractivity (Wildman–Crippen MR) is 129 cm³/mol. The molecule has 5 rings (SSSR count). The molecule has 2 heterocycles. The van der Waals surface area contributed by atoms with Crippen LogP contribution in [0.3, 0.4) is 0 Å². The summed E-state index contributed by atoms with van der Waals surface area (Å²) >= 11 is 0. The van der Waals surface area contributed by atoms with E-state index in [4.69, 9.17) is 0 Å². The summed E-state index contributed by atoms with van der Waals surface area (Å²) in [7, 11) is 0. The first-order valence-electron chi connectivity index (χ1n) is 11.6. The van der Waals surface area contributed by atoms with E-state index in [0.29, 0.717) is 18.0 Å². The summed E-state index contributed by atoms with van der Waals surface area (Å²) in [6.45, 7) is 4.74. The van der Waals surface area contributed by atoms with E-state index in [9.17, 15) is 4.79 Å². The predicted octanol–water partition coefficient (Wildman–Crippen LogP) is 4.91. The SMILES string of the molecule is Cc1ccccc1-n1ncc(C(=O)NCCCc2cn(-c3ccccc3)nc2C)c1C1CC1. The first-order valence-corrected chi connectivity index (χ1v) is 11.6. The Kier molecular flexibility index (Phi) is 5.82. The lowest BCUT2D eigenvalue weighted by Crippen LogP contribution is -2.25. The van der Waals surface area contributed by atoms with Gasteiger partial charge < -0.3 is 5.32 Å². The number of rotatable bonds is 8. The minimum Gasteiger partial charge on any atom is -0.352 e. The number of amides is 1. The molecule has 33 heavy (non-hydrogen) atoms. The second kappa shape index (κ2) is 9.06. The van der Waals surface area contributed by atoms with Gasteiger partial charge in [0, 0.05) is 18.7 Å². The Hall–Kier alpha value is -3.67. The molecule has 0 aliphatic heterocycles. The zero-order chi connectivity index (χ0) is 22.8. The molecule has 0 unspecified atom stereocenters. The second-order valence-corrected chi connectivity index (χ2v) is 8.80. The van der Waals surface area contributed by atoms with Crippen LogP contribution in [0.4, 0.5) is 0 Å². The molecule has 6 heteroatoms. The quantitative estimate of drug-likeness (QED) is 0.397. The molecule has 0 atom stereocenters. The monoisotopic (exact) mass is 439 g/mol. The van der Waals surface area contributed by atoms with E-state index < -0.39 is 0 Å². The van der Waals surface area contributed by atoms with E-state index in [-0.39, 0.29) is 5.91 Å². The van der Waals surface area contributed by atoms with Gasteiger partial charge in [-0.3, -0.25) is 4.79 Å². The summed E-state index contributed by atoms with van der Waals surface area (Å²) < 4.78 is 3.88. The van der Waals surface area contributed by atoms with Crippen LogP contribution in [0.2, 0.25) is 0 Å². The summed E-state index contributed by atoms with van der Waals surface area (Å²) in [6, 6.07) is 18.3. The smallest absolute Gasteiger partial charge is 0.254 e. The van der Waals surface area contributed by atoms with E-state index >= 15 is 0 Å². The van der Waals surface area contributed by atoms with Gasteiger partial charge in [0.25, 0.3) is 5.91 Å². The first kappa shape index (κ1) is 21.2. The molecule has 1 aliphatic rings. The van der Waals surface area contributed by atoms with Crippen molar-refractivity contribution < 1.29 is 4.79 Å². The highest BCUT2D eigenvalue weighted by molar-refractivity contribution is 5.95. The van der Waals surface area contributed by atoms with Gasteiger partial charge in [-0.2, -0.15) is 10.2 Å². The Morgan fingerprint density at radius 1 is 1.06 bits per heavy atom. The van der Waals surface area contributed by atoms with E-state index in [2.05, 4.69) is 40.8 Å². The van der Waals surface area contributed by atoms with Crippen LogP contribution in [0.15, 0.2) is 67.0 Å². The molecule has 2 aromatic carbocycles. The van der Waals surface area contributed by atoms with Crippen molar-refractivity contribution in [3.63, 3.8) is 0 Å². The summed E-state index contributed by atoms with van der Waals surface area (Å²) in [5.74, 6) is 0.382. The molecule has 1 aliphatic carbocycles. The van der Waals surface area contributed by atoms with Crippen molar-refractivity contribution in [2.75, 3.05) is 6.54 Å². The molecule has 4 aromatic rings. The lowest BCUT2D eigenvalue weighted by Gasteiger charge is -2.11. The fourth-order valence-electron chi connectivity index (χ4n) is 4.31. The fourth-order valence-corrected chi connectivity index (χ4v) is 4.31. The van der Waals surface area contributed by atoms with E-state index in [1.54, 1.807) is 6.20 Å². The molecule has 168 valence electrons. The summed E-state index contributed by atoms with van der Waals surface area (Å²) in [6.07, 6.45) is 7.77. The topological polar surface area (TPSA) is 64.7 Å². The maximum absolute atomic E-state index is 13.0. The molecular formula is C27H29N5O. The largest absolute Gasteiger partial charge is 0.352 e. The highest BCUT2D eigenvalue weighted by Gasteiger charge is 2.33. The van der Waals surface area contributed by atoms with E-state index in [1.165, 1.54) is 5.56 Å². The van der Waals surface area contributed by atoms with Gasteiger partial charge in [-0.15, -0.1) is 0 Å². The number of nitrogens with zero attached hydrogens (tertiary/aromatic N) is 4. The minimum atomic E-state index is -0.0339. The summed E-state index contributed by atoms with van der Waals surface area (Å²) in [5.41, 5.74) is 7.24. The van der Waals surface area contributed by atoms with Gasteiger partial charge in [-0.1, -0.05) is 36.4 Å². The van der Waals surface area contributed by atoms with Crippen molar-refractivity contribution >= 4 is 5.91 Å². The summed E-state index contributed by atoms with van der Waals surface area (Å²) in [4.78, 5) is 13.0. The molecular weight excluding hydrogens is 410 g/mol. The molecule has 1 fully saturated rings. The van der Waals surface area contributed by atoms with Gasteiger partial charge in [0.05, 0.1) is 34.5 Å². The van der Waals surface area contributed by atoms with Crippen molar-refractivity contribution in [3.8, 4) is 11.4 Å². The van der Waals surface area contributed by atoms with Crippen LogP contribution in [-0.2, 0) is 6.42 Å². The first-order chi connectivity index (χ1) is 16.1. The molecule has 0 spiro atoms. The lowest BCUT2D eigenvalue weighted by molar-refractivity contribution is 0.0952. The molecule has 2 aromatic heterocycles. The van der Waals surface area contributed by atoms with Crippen molar-refractivity contribution in [2.45, 2.75) is 45.4 Å². The number of nitrogens with one attached hydrogen (secondary N) is 1. The third-order valence-corrected chi connectivity index (χ3v) is 6.29. The summed E-state index contributed by atoms with van der Waals surface area (Å²) in [5, 5.41) is 12.3. The maximum atomic E-state index is 13.0. The van der Waals surface area contributed by atoms with Crippen LogP contribution >= 0.6 is 0 Å². The van der Waals surface area contributed by atoms with E-state index in [0.717, 1.165) is 54.0 Å². The van der Waals surface area contributed by atoms with Crippen molar-refractivity contribution in [1.82, 2.24) is 24.9 Å². The van der Waals surface area contributed by atoms with Gasteiger partial charge in [0.2, 0.25) is 0 Å². The van der Waals surface area contributed by atoms with Crippen molar-refractivity contribution in [1.29, 1.82) is 0 Å². The van der Waals surface area contributed by atoms with Crippen LogP contribution in [0.5, 0.6) is 0 Å². The van der Waals surface area contributed by atoms with Crippen molar-refractivity contribution in [3.05, 3.63) is 95.1 Å². The third kappa shape index (κ3) is 4.46. The Morgan fingerprint density at radius 2 is 1.82 bits per heavy atom. The molecule has 0 bridgehead atoms. The highest BCUT2D eigenvalue weighted by atomic mass is 16.1. The highest BCUT2D eigenvalue weighted by Crippen LogP contribution is 2.42. The maximum Gasteiger partial charge on any atom is 0.254 e. The van der Waals surface area contributed by atoms with Gasteiger partial charge in [-0.05, 0) is 68.9 Å². The molecule has 1 saturated carbocycles. The van der Waals surface area contributed by atoms with Gasteiger partial charge in [0.15, 0.2) is 0 Å². The van der Waals surface area contributed by atoms with Gasteiger partial charge in [0.1, 0.15) is 0 Å². The number of aromatic nitrogens is 4. The average Bonchev–Trinajstić information content (AvgIpc) is 3.47. The molecule has 0 radical (unpaired) electrons. The molecule has 6 nitrogen and oxygen atoms in total. The second-order valence-electron chi connectivity index (χ2n) is 8.80. The number of aryl methyl sites for hydroxylation is 3. The van der Waals surface area contributed by atoms with Crippen LogP contribution < -0.4 is 5.32 Å². The normalized spacial score (nSPS) is 13.3. The Balaban J connectivity index is 1.23. The molecule has 1 N–H and O–H groups in total. The van der Waals surface area contributed by atoms with Gasteiger partial charge >= 0.3 is 0 Å². The molecule has 1 amide bonds. The zero-order valence-electron chi connectivity index (χ0n) is 19.2. The number of carbonyl (C=O) groups excluding carboxylic acids is 1. The molecule has 0 saturated heterocycles. The number of benzene rings is 2. The number of hydrogen-bond acceptors (Lipinski definition) is 3. The Bertz CT molecular complexity index is 1270. The van der Waals surface area contributed by atoms with Crippen LogP contribution in [0.1, 0.15) is 58.1 Å². The number of hydrogen-bond donors (Lipinski definition) is 1. The van der Waals surface area contributed by atoms with Gasteiger partial charge in [-0.25, -0.2) is 9.36 Å². The lowest BCUT2D eigenvalue weighted by atomic mass is 10.1. The Morgan fingerprint density at radius 3 is 2.58 bits per heavy atom. The zero-order valence-corrected chi connectivity index (χ0v) is 19.2. The van der Waals surface area contributed by atoms with Crippen LogP contribution in [0.25, 0.3) is 11.4 Å². The third-order valence-electron chi connectivity index (χ3n) is 6.29. The van der Waals surface area contributed by atoms with Crippen LogP contribution in [0, 0.1) is 13.8 Å². The fraction of sp³-hybridized carbons (Fsp3) is 0.296.